The lowest BCUT2D eigenvalue weighted by Crippen LogP contribution is -2.62. The first-order chi connectivity index (χ1) is 17.8. The molecule has 6 atom stereocenters. The SMILES string of the molecule is CC(=O)OC[C@H]1O[C@@H](OC(C)(C)[C@@H]2C/C=C(/C)CC/C=C(/C)CC/C=C(/C)CC2)[C@H](O)[C@@H](OC(C)=O)[C@H]1O. The second kappa shape index (κ2) is 15.0. The number of hydrogen-bond donors (Lipinski definition) is 2. The first kappa shape index (κ1) is 32.2. The molecule has 0 radical (unpaired) electrons. The molecule has 1 heterocycles. The highest BCUT2D eigenvalue weighted by molar-refractivity contribution is 5.66. The largest absolute Gasteiger partial charge is 0.463 e. The van der Waals surface area contributed by atoms with Crippen LogP contribution in [0.3, 0.4) is 0 Å². The van der Waals surface area contributed by atoms with E-state index in [2.05, 4.69) is 39.0 Å². The summed E-state index contributed by atoms with van der Waals surface area (Å²) in [6.07, 6.45) is 7.32. The van der Waals surface area contributed by atoms with Gasteiger partial charge in [-0.3, -0.25) is 9.59 Å². The summed E-state index contributed by atoms with van der Waals surface area (Å²) in [5.41, 5.74) is 3.37. The van der Waals surface area contributed by atoms with E-state index in [1.165, 1.54) is 30.6 Å². The molecule has 1 saturated heterocycles. The Morgan fingerprint density at radius 3 is 2.08 bits per heavy atom. The Balaban J connectivity index is 2.26. The Labute approximate surface area is 228 Å². The molecule has 0 unspecified atom stereocenters. The van der Waals surface area contributed by atoms with Gasteiger partial charge in [-0.2, -0.15) is 0 Å². The molecule has 0 amide bonds. The van der Waals surface area contributed by atoms with Crippen molar-refractivity contribution in [1.82, 2.24) is 0 Å². The number of rotatable bonds is 6. The summed E-state index contributed by atoms with van der Waals surface area (Å²) < 4.78 is 22.6. The lowest BCUT2D eigenvalue weighted by Gasteiger charge is -2.45. The number of aliphatic hydroxyl groups is 2. The van der Waals surface area contributed by atoms with Gasteiger partial charge >= 0.3 is 11.9 Å². The topological polar surface area (TPSA) is 112 Å². The molecule has 1 aliphatic carbocycles. The minimum Gasteiger partial charge on any atom is -0.463 e. The van der Waals surface area contributed by atoms with Crippen LogP contribution in [0.25, 0.3) is 0 Å². The molecular weight excluding hydrogens is 488 g/mol. The number of esters is 2. The zero-order valence-electron chi connectivity index (χ0n) is 24.2. The molecule has 8 nitrogen and oxygen atoms in total. The lowest BCUT2D eigenvalue weighted by molar-refractivity contribution is -0.329. The molecule has 0 aromatic heterocycles. The van der Waals surface area contributed by atoms with Crippen molar-refractivity contribution in [3.63, 3.8) is 0 Å². The van der Waals surface area contributed by atoms with E-state index in [-0.39, 0.29) is 12.5 Å². The first-order valence-corrected chi connectivity index (χ1v) is 13.8. The van der Waals surface area contributed by atoms with Crippen molar-refractivity contribution in [2.45, 2.75) is 130 Å². The van der Waals surface area contributed by atoms with Crippen molar-refractivity contribution < 1.29 is 38.7 Å². The van der Waals surface area contributed by atoms with Gasteiger partial charge < -0.3 is 29.2 Å². The molecule has 0 aromatic carbocycles. The van der Waals surface area contributed by atoms with Gasteiger partial charge in [0.2, 0.25) is 0 Å². The molecule has 216 valence electrons. The van der Waals surface area contributed by atoms with Crippen molar-refractivity contribution in [2.75, 3.05) is 6.61 Å². The third kappa shape index (κ3) is 10.3. The van der Waals surface area contributed by atoms with Crippen molar-refractivity contribution in [2.24, 2.45) is 5.92 Å². The molecular formula is C30H48O8. The van der Waals surface area contributed by atoms with Crippen LogP contribution in [0, 0.1) is 5.92 Å². The Morgan fingerprint density at radius 1 is 0.921 bits per heavy atom. The average Bonchev–Trinajstić information content (AvgIpc) is 2.81. The Morgan fingerprint density at radius 2 is 1.50 bits per heavy atom. The molecule has 2 N–H and O–H groups in total. The maximum atomic E-state index is 11.7. The van der Waals surface area contributed by atoms with E-state index < -0.39 is 48.2 Å². The fourth-order valence-electron chi connectivity index (χ4n) is 4.96. The van der Waals surface area contributed by atoms with Gasteiger partial charge in [-0.15, -0.1) is 0 Å². The van der Waals surface area contributed by atoms with Crippen LogP contribution < -0.4 is 0 Å². The minimum absolute atomic E-state index is 0.0998. The van der Waals surface area contributed by atoms with Gasteiger partial charge in [0.25, 0.3) is 0 Å². The Kier molecular flexibility index (Phi) is 12.7. The van der Waals surface area contributed by atoms with Crippen molar-refractivity contribution in [3.05, 3.63) is 34.9 Å². The van der Waals surface area contributed by atoms with Gasteiger partial charge in [-0.05, 0) is 85.5 Å². The highest BCUT2D eigenvalue weighted by Crippen LogP contribution is 2.36. The zero-order valence-corrected chi connectivity index (χ0v) is 24.2. The van der Waals surface area contributed by atoms with Gasteiger partial charge in [0, 0.05) is 13.8 Å². The van der Waals surface area contributed by atoms with E-state index >= 15 is 0 Å². The van der Waals surface area contributed by atoms with Crippen molar-refractivity contribution in [1.29, 1.82) is 0 Å². The molecule has 38 heavy (non-hydrogen) atoms. The first-order valence-electron chi connectivity index (χ1n) is 13.8. The fraction of sp³-hybridized carbons (Fsp3) is 0.733. The van der Waals surface area contributed by atoms with E-state index in [1.54, 1.807) is 0 Å². The van der Waals surface area contributed by atoms with Gasteiger partial charge in [-0.25, -0.2) is 0 Å². The Bertz CT molecular complexity index is 887. The second-order valence-corrected chi connectivity index (χ2v) is 11.3. The van der Waals surface area contributed by atoms with E-state index in [4.69, 9.17) is 18.9 Å². The summed E-state index contributed by atoms with van der Waals surface area (Å²) in [6.45, 7) is 12.7. The molecule has 1 fully saturated rings. The van der Waals surface area contributed by atoms with Crippen LogP contribution in [0.2, 0.25) is 0 Å². The molecule has 0 spiro atoms. The third-order valence-corrected chi connectivity index (χ3v) is 7.50. The van der Waals surface area contributed by atoms with Crippen LogP contribution in [0.1, 0.15) is 93.4 Å². The van der Waals surface area contributed by atoms with Gasteiger partial charge in [0.15, 0.2) is 12.4 Å². The lowest BCUT2D eigenvalue weighted by atomic mass is 9.82. The van der Waals surface area contributed by atoms with Crippen LogP contribution >= 0.6 is 0 Å². The van der Waals surface area contributed by atoms with Crippen LogP contribution in [0.15, 0.2) is 34.9 Å². The standard InChI is InChI=1S/C30H48O8/c1-19-10-8-12-20(2)14-16-24(17-15-21(3)13-9-11-19)30(6,7)38-29-27(34)28(36-23(5)32)26(33)25(37-29)18-35-22(4)31/h10,13-14,24-29,33-34H,8-9,11-12,15-18H2,1-7H3/b19-10-,20-14-,21-13-/t24-,25-,26+,27-,28+,29+/m1/s1. The molecule has 2 rings (SSSR count). The summed E-state index contributed by atoms with van der Waals surface area (Å²) in [7, 11) is 0. The molecule has 2 aliphatic rings. The number of aliphatic hydroxyl groups excluding tert-OH is 2. The van der Waals surface area contributed by atoms with Gasteiger partial charge in [-0.1, -0.05) is 34.9 Å². The summed E-state index contributed by atoms with van der Waals surface area (Å²) in [4.78, 5) is 23.1. The summed E-state index contributed by atoms with van der Waals surface area (Å²) in [6, 6.07) is 0. The predicted octanol–water partition coefficient (Wildman–Crippen LogP) is 4.92. The predicted molar refractivity (Wildman–Crippen MR) is 145 cm³/mol. The molecule has 0 aromatic rings. The maximum Gasteiger partial charge on any atom is 0.303 e. The zero-order chi connectivity index (χ0) is 28.5. The van der Waals surface area contributed by atoms with E-state index in [1.807, 2.05) is 13.8 Å². The number of hydrogen-bond acceptors (Lipinski definition) is 8. The highest BCUT2D eigenvalue weighted by Gasteiger charge is 2.49. The minimum atomic E-state index is -1.42. The van der Waals surface area contributed by atoms with Gasteiger partial charge in [0.1, 0.15) is 24.9 Å². The number of carbonyl (C=O) groups excluding carboxylic acids is 2. The quantitative estimate of drug-likeness (QED) is 0.363. The molecule has 1 aliphatic heterocycles. The maximum absolute atomic E-state index is 11.7. The fourth-order valence-corrected chi connectivity index (χ4v) is 4.96. The average molecular weight is 537 g/mol. The van der Waals surface area contributed by atoms with Crippen LogP contribution in [-0.4, -0.2) is 65.1 Å². The Hall–Kier alpha value is -2.00. The smallest absolute Gasteiger partial charge is 0.303 e. The van der Waals surface area contributed by atoms with Crippen LogP contribution in [0.4, 0.5) is 0 Å². The summed E-state index contributed by atoms with van der Waals surface area (Å²) in [5.74, 6) is -1.09. The monoisotopic (exact) mass is 536 g/mol. The number of carbonyl (C=O) groups is 2. The number of ether oxygens (including phenoxy) is 4. The molecule has 8 heteroatoms. The molecule has 0 saturated carbocycles. The van der Waals surface area contributed by atoms with E-state index in [0.717, 1.165) is 44.9 Å². The van der Waals surface area contributed by atoms with Crippen LogP contribution in [0.5, 0.6) is 0 Å². The summed E-state index contributed by atoms with van der Waals surface area (Å²) >= 11 is 0. The third-order valence-electron chi connectivity index (χ3n) is 7.50. The van der Waals surface area contributed by atoms with Gasteiger partial charge in [0.05, 0.1) is 5.60 Å². The van der Waals surface area contributed by atoms with Crippen molar-refractivity contribution in [3.8, 4) is 0 Å². The normalized spacial score (nSPS) is 34.4. The second-order valence-electron chi connectivity index (χ2n) is 11.3. The summed E-state index contributed by atoms with van der Waals surface area (Å²) in [5, 5.41) is 21.7. The van der Waals surface area contributed by atoms with Crippen molar-refractivity contribution >= 4 is 11.9 Å². The van der Waals surface area contributed by atoms with Crippen LogP contribution in [-0.2, 0) is 28.5 Å². The highest BCUT2D eigenvalue weighted by atomic mass is 16.7. The van der Waals surface area contributed by atoms with E-state index in [0.29, 0.717) is 0 Å². The number of allylic oxidation sites excluding steroid dienone is 6. The molecule has 0 bridgehead atoms. The van der Waals surface area contributed by atoms with E-state index in [9.17, 15) is 19.8 Å².